The van der Waals surface area contributed by atoms with Crippen LogP contribution >= 0.6 is 11.8 Å². The summed E-state index contributed by atoms with van der Waals surface area (Å²) in [5, 5.41) is 10.7. The van der Waals surface area contributed by atoms with Crippen molar-refractivity contribution in [2.45, 2.75) is 25.6 Å². The van der Waals surface area contributed by atoms with Crippen LogP contribution in [0.1, 0.15) is 12.0 Å². The van der Waals surface area contributed by atoms with Crippen LogP contribution in [0.15, 0.2) is 33.5 Å². The first-order valence-corrected chi connectivity index (χ1v) is 9.25. The van der Waals surface area contributed by atoms with Gasteiger partial charge in [0.25, 0.3) is 0 Å². The number of fused-ring (bicyclic) bond motifs is 1. The Labute approximate surface area is 162 Å². The van der Waals surface area contributed by atoms with Gasteiger partial charge < -0.3 is 20.6 Å². The molecule has 1 aromatic carbocycles. The first-order chi connectivity index (χ1) is 13.0. The zero-order valence-electron chi connectivity index (χ0n) is 15.0. The molecule has 1 heterocycles. The van der Waals surface area contributed by atoms with Crippen molar-refractivity contribution in [2.75, 3.05) is 17.3 Å². The summed E-state index contributed by atoms with van der Waals surface area (Å²) in [6, 6.07) is 6.13. The first-order valence-electron chi connectivity index (χ1n) is 7.85. The number of carbonyl (C=O) groups excluding carboxylic acids is 1. The molecule has 28 heavy (non-hydrogen) atoms. The number of carbonyl (C=O) groups is 2. The van der Waals surface area contributed by atoms with E-state index in [4.69, 9.17) is 20.1 Å². The molecule has 0 bridgehead atoms. The van der Waals surface area contributed by atoms with Crippen molar-refractivity contribution >= 4 is 40.3 Å². The molecule has 0 saturated heterocycles. The van der Waals surface area contributed by atoms with Gasteiger partial charge in [0.2, 0.25) is 5.91 Å². The molecule has 0 unspecified atom stereocenters. The molecule has 1 aromatic heterocycles. The number of carboxylic acid groups (broad SMARTS) is 1. The van der Waals surface area contributed by atoms with Crippen molar-refractivity contribution in [3.05, 3.63) is 40.2 Å². The quantitative estimate of drug-likeness (QED) is 0.636. The number of amides is 1. The number of anilines is 1. The van der Waals surface area contributed by atoms with Gasteiger partial charge in [-0.15, -0.1) is 0 Å². The van der Waals surface area contributed by atoms with Gasteiger partial charge in [-0.25, -0.2) is 9.59 Å². The Hall–Kier alpha value is -2.53. The molecule has 2 rings (SSSR count). The Bertz CT molecular complexity index is 898. The molecule has 2 aromatic rings. The summed E-state index contributed by atoms with van der Waals surface area (Å²) in [4.78, 5) is 32.2. The molecule has 0 aliphatic rings. The lowest BCUT2D eigenvalue weighted by atomic mass is 10.1. The molecule has 0 aliphatic carbocycles. The van der Waals surface area contributed by atoms with E-state index < -0.39 is 23.8 Å². The van der Waals surface area contributed by atoms with E-state index >= 15 is 0 Å². The predicted molar refractivity (Wildman–Crippen MR) is 101 cm³/mol. The van der Waals surface area contributed by atoms with E-state index in [0.29, 0.717) is 17.7 Å². The minimum atomic E-state index is -5.08. The van der Waals surface area contributed by atoms with Gasteiger partial charge in [-0.1, -0.05) is 0 Å². The van der Waals surface area contributed by atoms with E-state index in [2.05, 4.69) is 5.32 Å². The van der Waals surface area contributed by atoms with E-state index in [1.54, 1.807) is 23.9 Å². The number of hydrogen-bond donors (Lipinski definition) is 3. The molecule has 1 amide bonds. The highest BCUT2D eigenvalue weighted by Crippen LogP contribution is 2.21. The van der Waals surface area contributed by atoms with Crippen molar-refractivity contribution in [2.24, 2.45) is 5.73 Å². The molecule has 7 nitrogen and oxygen atoms in total. The first kappa shape index (κ1) is 23.5. The van der Waals surface area contributed by atoms with Crippen molar-refractivity contribution in [3.8, 4) is 0 Å². The number of hydrogen-bond acceptors (Lipinski definition) is 6. The van der Waals surface area contributed by atoms with Gasteiger partial charge in [0.15, 0.2) is 0 Å². The summed E-state index contributed by atoms with van der Waals surface area (Å²) in [5.41, 5.74) is 7.28. The average Bonchev–Trinajstić information content (AvgIpc) is 2.58. The van der Waals surface area contributed by atoms with Gasteiger partial charge >= 0.3 is 17.8 Å². The van der Waals surface area contributed by atoms with Crippen LogP contribution in [0.4, 0.5) is 18.9 Å². The third-order valence-electron chi connectivity index (χ3n) is 3.43. The summed E-state index contributed by atoms with van der Waals surface area (Å²) >= 11 is 1.65. The van der Waals surface area contributed by atoms with E-state index in [9.17, 15) is 22.8 Å². The maximum atomic E-state index is 12.0. The van der Waals surface area contributed by atoms with Crippen LogP contribution in [0.5, 0.6) is 0 Å². The molecule has 154 valence electrons. The fourth-order valence-electron chi connectivity index (χ4n) is 2.01. The standard InChI is InChI=1S/C15H18N2O3S.C2HF3O2/c1-9-7-14(18)20-13-8-10(3-4-11(9)13)17-15(19)12(16)5-6-21-2;3-2(4,5)1(6)7/h3-4,7-8,12H,5-6,16H2,1-2H3,(H,17,19);(H,6,7)/t12-;/m0./s1. The number of nitrogens with two attached hydrogens (primary N) is 1. The van der Waals surface area contributed by atoms with Crippen LogP contribution in [0, 0.1) is 6.92 Å². The highest BCUT2D eigenvalue weighted by molar-refractivity contribution is 7.98. The van der Waals surface area contributed by atoms with Crippen LogP contribution in [-0.4, -0.2) is 41.2 Å². The van der Waals surface area contributed by atoms with Crippen LogP contribution in [0.3, 0.4) is 0 Å². The third kappa shape index (κ3) is 7.24. The highest BCUT2D eigenvalue weighted by atomic mass is 32.2. The lowest BCUT2D eigenvalue weighted by molar-refractivity contribution is -0.192. The second-order valence-corrected chi connectivity index (χ2v) is 6.63. The maximum Gasteiger partial charge on any atom is 0.490 e. The minimum absolute atomic E-state index is 0.238. The van der Waals surface area contributed by atoms with Gasteiger partial charge in [-0.3, -0.25) is 4.79 Å². The smallest absolute Gasteiger partial charge is 0.475 e. The molecule has 0 spiro atoms. The summed E-state index contributed by atoms with van der Waals surface area (Å²) in [7, 11) is 0. The summed E-state index contributed by atoms with van der Waals surface area (Å²) in [6.07, 6.45) is -2.49. The van der Waals surface area contributed by atoms with Gasteiger partial charge in [0.05, 0.1) is 6.04 Å². The second kappa shape index (κ2) is 10.1. The van der Waals surface area contributed by atoms with Gasteiger partial charge in [-0.05, 0) is 43.0 Å². The average molecular weight is 420 g/mol. The van der Waals surface area contributed by atoms with Crippen molar-refractivity contribution in [1.29, 1.82) is 0 Å². The third-order valence-corrected chi connectivity index (χ3v) is 4.08. The number of thioether (sulfide) groups is 1. The Balaban J connectivity index is 0.000000480. The number of carboxylic acids is 1. The van der Waals surface area contributed by atoms with Crippen LogP contribution in [0.2, 0.25) is 0 Å². The number of nitrogens with one attached hydrogen (secondary N) is 1. The SMILES string of the molecule is CSCC[C@H](N)C(=O)Nc1ccc2c(C)cc(=O)oc2c1.O=C(O)C(F)(F)F. The molecular formula is C17H19F3N2O5S. The van der Waals surface area contributed by atoms with Gasteiger partial charge in [0, 0.05) is 23.2 Å². The lowest BCUT2D eigenvalue weighted by Gasteiger charge is -2.12. The normalized spacial score (nSPS) is 12.1. The topological polar surface area (TPSA) is 123 Å². The summed E-state index contributed by atoms with van der Waals surface area (Å²) in [5.74, 6) is -2.16. The van der Waals surface area contributed by atoms with E-state index in [1.165, 1.54) is 6.07 Å². The molecule has 1 atom stereocenters. The van der Waals surface area contributed by atoms with E-state index in [-0.39, 0.29) is 5.91 Å². The van der Waals surface area contributed by atoms with Gasteiger partial charge in [0.1, 0.15) is 5.58 Å². The Kier molecular flexibility index (Phi) is 8.51. The van der Waals surface area contributed by atoms with Crippen LogP contribution in [-0.2, 0) is 9.59 Å². The number of aliphatic carboxylic acids is 1. The molecule has 0 aliphatic heterocycles. The molecule has 11 heteroatoms. The minimum Gasteiger partial charge on any atom is -0.475 e. The zero-order chi connectivity index (χ0) is 21.5. The van der Waals surface area contributed by atoms with E-state index in [0.717, 1.165) is 16.7 Å². The fraction of sp³-hybridized carbons (Fsp3) is 0.353. The van der Waals surface area contributed by atoms with Crippen molar-refractivity contribution in [1.82, 2.24) is 0 Å². The predicted octanol–water partition coefficient (Wildman–Crippen LogP) is 2.75. The summed E-state index contributed by atoms with van der Waals surface area (Å²) in [6.45, 7) is 1.84. The molecule has 0 radical (unpaired) electrons. The second-order valence-electron chi connectivity index (χ2n) is 5.64. The number of rotatable bonds is 5. The summed E-state index contributed by atoms with van der Waals surface area (Å²) < 4.78 is 36.9. The van der Waals surface area contributed by atoms with Gasteiger partial charge in [-0.2, -0.15) is 24.9 Å². The maximum absolute atomic E-state index is 12.0. The van der Waals surface area contributed by atoms with Crippen LogP contribution < -0.4 is 16.7 Å². The van der Waals surface area contributed by atoms with Crippen molar-refractivity contribution in [3.63, 3.8) is 0 Å². The number of aryl methyl sites for hydroxylation is 1. The van der Waals surface area contributed by atoms with Crippen LogP contribution in [0.25, 0.3) is 11.0 Å². The monoisotopic (exact) mass is 420 g/mol. The highest BCUT2D eigenvalue weighted by Gasteiger charge is 2.38. The largest absolute Gasteiger partial charge is 0.490 e. The molecule has 4 N–H and O–H groups in total. The number of halogens is 3. The van der Waals surface area contributed by atoms with Crippen molar-refractivity contribution < 1.29 is 32.3 Å². The van der Waals surface area contributed by atoms with E-state index in [1.807, 2.05) is 19.2 Å². The Morgan fingerprint density at radius 1 is 1.32 bits per heavy atom. The number of benzene rings is 1. The fourth-order valence-corrected chi connectivity index (χ4v) is 2.50. The zero-order valence-corrected chi connectivity index (χ0v) is 15.8. The molecule has 0 fully saturated rings. The molecular weight excluding hydrogens is 401 g/mol. The Morgan fingerprint density at radius 2 is 1.93 bits per heavy atom. The Morgan fingerprint density at radius 3 is 2.46 bits per heavy atom. The number of alkyl halides is 3. The molecule has 0 saturated carbocycles. The lowest BCUT2D eigenvalue weighted by Crippen LogP contribution is -2.36.